The van der Waals surface area contributed by atoms with E-state index in [0.29, 0.717) is 5.92 Å². The summed E-state index contributed by atoms with van der Waals surface area (Å²) in [4.78, 5) is 8.12. The Labute approximate surface area is 58.1 Å². The largest absolute Gasteiger partial charge is 0.442 e. The summed E-state index contributed by atoms with van der Waals surface area (Å²) in [7, 11) is 0. The molecule has 52 valence electrons. The minimum Gasteiger partial charge on any atom is -0.442 e. The van der Waals surface area contributed by atoms with E-state index in [0.717, 1.165) is 17.4 Å². The molecule has 0 bridgehead atoms. The summed E-state index contributed by atoms with van der Waals surface area (Å²) < 4.78 is 5.07. The van der Waals surface area contributed by atoms with Crippen molar-refractivity contribution in [2.24, 2.45) is 10.9 Å². The van der Waals surface area contributed by atoms with Gasteiger partial charge in [-0.15, -0.1) is 0 Å². The first-order valence-corrected chi connectivity index (χ1v) is 3.32. The van der Waals surface area contributed by atoms with Crippen molar-refractivity contribution in [2.45, 2.75) is 6.92 Å². The zero-order chi connectivity index (χ0) is 6.97. The number of rotatable bonds is 0. The van der Waals surface area contributed by atoms with Gasteiger partial charge in [0.1, 0.15) is 0 Å². The maximum atomic E-state index is 5.07. The van der Waals surface area contributed by atoms with Crippen molar-refractivity contribution in [3.05, 3.63) is 17.3 Å². The molecule has 10 heavy (non-hydrogen) atoms. The molecule has 1 atom stereocenters. The lowest BCUT2D eigenvalue weighted by molar-refractivity contribution is 0.514. The first-order chi connectivity index (χ1) is 4.86. The monoisotopic (exact) mass is 136 g/mol. The van der Waals surface area contributed by atoms with Gasteiger partial charge in [-0.3, -0.25) is 4.99 Å². The molecule has 3 heteroatoms. The maximum absolute atomic E-state index is 5.07. The van der Waals surface area contributed by atoms with Gasteiger partial charge in [-0.2, -0.15) is 4.98 Å². The molecule has 2 rings (SSSR count). The fourth-order valence-corrected chi connectivity index (χ4v) is 1.02. The van der Waals surface area contributed by atoms with E-state index in [-0.39, 0.29) is 0 Å². The molecule has 0 N–H and O–H groups in total. The molecule has 0 saturated carbocycles. The zero-order valence-electron chi connectivity index (χ0n) is 5.74. The van der Waals surface area contributed by atoms with Crippen LogP contribution in [0.25, 0.3) is 6.08 Å². The molecule has 1 aromatic rings. The number of aromatic nitrogens is 1. The van der Waals surface area contributed by atoms with Gasteiger partial charge in [-0.1, -0.05) is 6.92 Å². The number of oxazole rings is 1. The van der Waals surface area contributed by atoms with E-state index < -0.39 is 0 Å². The van der Waals surface area contributed by atoms with Crippen molar-refractivity contribution >= 4 is 6.08 Å². The van der Waals surface area contributed by atoms with Crippen LogP contribution in [0.5, 0.6) is 0 Å². The highest BCUT2D eigenvalue weighted by Gasteiger charge is 2.03. The number of hydrogen-bond donors (Lipinski definition) is 0. The summed E-state index contributed by atoms with van der Waals surface area (Å²) in [6, 6.07) is 0. The van der Waals surface area contributed by atoms with E-state index in [1.54, 1.807) is 0 Å². The van der Waals surface area contributed by atoms with Crippen LogP contribution in [0, 0.1) is 5.92 Å². The van der Waals surface area contributed by atoms with Crippen LogP contribution >= 0.6 is 0 Å². The molecule has 0 saturated heterocycles. The molecule has 1 aliphatic rings. The minimum atomic E-state index is 0.487. The number of hydrogen-bond acceptors (Lipinski definition) is 3. The Morgan fingerprint density at radius 1 is 1.70 bits per heavy atom. The lowest BCUT2D eigenvalue weighted by Crippen LogP contribution is -2.28. The van der Waals surface area contributed by atoms with Gasteiger partial charge in [0.25, 0.3) is 0 Å². The van der Waals surface area contributed by atoms with Gasteiger partial charge in [0.05, 0.1) is 0 Å². The van der Waals surface area contributed by atoms with Crippen molar-refractivity contribution in [1.29, 1.82) is 0 Å². The maximum Gasteiger partial charge on any atom is 0.193 e. The smallest absolute Gasteiger partial charge is 0.193 e. The van der Waals surface area contributed by atoms with Gasteiger partial charge in [0.2, 0.25) is 0 Å². The average molecular weight is 136 g/mol. The predicted octanol–water partition coefficient (Wildman–Crippen LogP) is -0.276. The summed E-state index contributed by atoms with van der Waals surface area (Å²) in [5.74, 6) is 0.487. The van der Waals surface area contributed by atoms with E-state index >= 15 is 0 Å². The van der Waals surface area contributed by atoms with Crippen molar-refractivity contribution in [3.8, 4) is 0 Å². The fraction of sp³-hybridized carbons (Fsp3) is 0.429. The van der Waals surface area contributed by atoms with Gasteiger partial charge >= 0.3 is 0 Å². The summed E-state index contributed by atoms with van der Waals surface area (Å²) in [6.07, 6.45) is 3.48. The molecule has 0 spiro atoms. The molecule has 3 nitrogen and oxygen atoms in total. The van der Waals surface area contributed by atoms with Crippen molar-refractivity contribution < 1.29 is 4.42 Å². The molecule has 0 amide bonds. The van der Waals surface area contributed by atoms with E-state index in [9.17, 15) is 0 Å². The molecule has 0 radical (unpaired) electrons. The number of fused-ring (bicyclic) bond motifs is 1. The molecule has 0 aromatic carbocycles. The fourth-order valence-electron chi connectivity index (χ4n) is 1.02. The number of nitrogens with zero attached hydrogens (tertiary/aromatic N) is 2. The summed E-state index contributed by atoms with van der Waals surface area (Å²) in [5.41, 5.74) is 1.57. The molecule has 0 fully saturated rings. The topological polar surface area (TPSA) is 38.4 Å². The Hall–Kier alpha value is -1.12. The third kappa shape index (κ3) is 0.744. The highest BCUT2D eigenvalue weighted by molar-refractivity contribution is 5.21. The highest BCUT2D eigenvalue weighted by atomic mass is 16.3. The van der Waals surface area contributed by atoms with Crippen LogP contribution in [0.4, 0.5) is 0 Å². The molecule has 1 unspecified atom stereocenters. The molecule has 1 aromatic heterocycles. The zero-order valence-corrected chi connectivity index (χ0v) is 5.74. The second kappa shape index (κ2) is 1.94. The predicted molar refractivity (Wildman–Crippen MR) is 35.8 cm³/mol. The molecular formula is C7H8N2O. The summed E-state index contributed by atoms with van der Waals surface area (Å²) in [5, 5.41) is 0. The Balaban J connectivity index is 2.73. The first-order valence-electron chi connectivity index (χ1n) is 3.32. The third-order valence-electron chi connectivity index (χ3n) is 1.54. The van der Waals surface area contributed by atoms with Crippen LogP contribution in [-0.2, 0) is 0 Å². The molecule has 1 aliphatic heterocycles. The summed E-state index contributed by atoms with van der Waals surface area (Å²) >= 11 is 0. The second-order valence-corrected chi connectivity index (χ2v) is 2.52. The minimum absolute atomic E-state index is 0.487. The Morgan fingerprint density at radius 2 is 2.60 bits per heavy atom. The quantitative estimate of drug-likeness (QED) is 0.492. The van der Waals surface area contributed by atoms with Crippen molar-refractivity contribution in [1.82, 2.24) is 4.98 Å². The highest BCUT2D eigenvalue weighted by Crippen LogP contribution is 1.97. The van der Waals surface area contributed by atoms with E-state index in [1.807, 2.05) is 0 Å². The Bertz CT molecular complexity index is 339. The van der Waals surface area contributed by atoms with Gasteiger partial charge in [-0.25, -0.2) is 0 Å². The molecule has 0 aliphatic carbocycles. The van der Waals surface area contributed by atoms with Crippen LogP contribution in [-0.4, -0.2) is 11.5 Å². The summed E-state index contributed by atoms with van der Waals surface area (Å²) in [6.45, 7) is 2.94. The standard InChI is InChI=1S/C7H8N2O/c1-5-2-6-7(8-3-5)9-4-10-6/h2,4-5H,3H2,1H3. The first kappa shape index (κ1) is 5.65. The Kier molecular flexibility index (Phi) is 1.09. The van der Waals surface area contributed by atoms with Crippen LogP contribution < -0.4 is 10.9 Å². The normalized spacial score (nSPS) is 22.7. The molecule has 2 heterocycles. The van der Waals surface area contributed by atoms with Gasteiger partial charge in [-0.05, 0) is 12.0 Å². The van der Waals surface area contributed by atoms with Crippen molar-refractivity contribution in [2.75, 3.05) is 6.54 Å². The van der Waals surface area contributed by atoms with E-state index in [4.69, 9.17) is 4.42 Å². The molecular weight excluding hydrogens is 128 g/mol. The Morgan fingerprint density at radius 3 is 3.50 bits per heavy atom. The van der Waals surface area contributed by atoms with Crippen LogP contribution in [0.2, 0.25) is 0 Å². The van der Waals surface area contributed by atoms with E-state index in [1.165, 1.54) is 6.39 Å². The lowest BCUT2D eigenvalue weighted by Gasteiger charge is -2.01. The van der Waals surface area contributed by atoms with Crippen LogP contribution in [0.3, 0.4) is 0 Å². The SMILES string of the molecule is CC1C=c2ocnc2=NC1. The lowest BCUT2D eigenvalue weighted by atomic mass is 10.1. The van der Waals surface area contributed by atoms with Crippen molar-refractivity contribution in [3.63, 3.8) is 0 Å². The van der Waals surface area contributed by atoms with Crippen LogP contribution in [0.1, 0.15) is 6.92 Å². The van der Waals surface area contributed by atoms with Gasteiger partial charge in [0.15, 0.2) is 17.3 Å². The second-order valence-electron chi connectivity index (χ2n) is 2.52. The van der Waals surface area contributed by atoms with Gasteiger partial charge < -0.3 is 4.42 Å². The van der Waals surface area contributed by atoms with Gasteiger partial charge in [0, 0.05) is 6.54 Å². The van der Waals surface area contributed by atoms with E-state index in [2.05, 4.69) is 23.0 Å². The van der Waals surface area contributed by atoms with Crippen LogP contribution in [0.15, 0.2) is 15.8 Å². The third-order valence-corrected chi connectivity index (χ3v) is 1.54. The average Bonchev–Trinajstić information content (AvgIpc) is 2.33.